The van der Waals surface area contributed by atoms with E-state index < -0.39 is 0 Å². The summed E-state index contributed by atoms with van der Waals surface area (Å²) in [5, 5.41) is 6.24. The molecule has 2 N–H and O–H groups in total. The van der Waals surface area contributed by atoms with E-state index in [1.54, 1.807) is 0 Å². The molecule has 2 amide bonds. The zero-order chi connectivity index (χ0) is 16.4. The van der Waals surface area contributed by atoms with Gasteiger partial charge in [0, 0.05) is 26.2 Å². The molecule has 0 atom stereocenters. The third kappa shape index (κ3) is 3.88. The van der Waals surface area contributed by atoms with Crippen LogP contribution in [0.4, 0.5) is 4.79 Å². The van der Waals surface area contributed by atoms with Crippen LogP contribution < -0.4 is 10.6 Å². The van der Waals surface area contributed by atoms with Gasteiger partial charge in [-0.2, -0.15) is 0 Å². The van der Waals surface area contributed by atoms with Gasteiger partial charge in [0.05, 0.1) is 13.2 Å². The van der Waals surface area contributed by atoms with E-state index in [0.29, 0.717) is 5.41 Å². The Balaban J connectivity index is 1.13. The van der Waals surface area contributed by atoms with Crippen LogP contribution in [0.25, 0.3) is 0 Å². The maximum atomic E-state index is 12.1. The average molecular weight is 335 g/mol. The molecule has 5 aliphatic rings. The molecule has 136 valence electrons. The average Bonchev–Trinajstić information content (AvgIpc) is 2.57. The number of carbonyl (C=O) groups is 1. The van der Waals surface area contributed by atoms with Gasteiger partial charge in [-0.15, -0.1) is 0 Å². The van der Waals surface area contributed by atoms with Gasteiger partial charge in [-0.05, 0) is 74.7 Å². The second-order valence-electron chi connectivity index (χ2n) is 8.83. The second-order valence-corrected chi connectivity index (χ2v) is 8.83. The van der Waals surface area contributed by atoms with Crippen LogP contribution in [0, 0.1) is 23.2 Å². The smallest absolute Gasteiger partial charge is 0.314 e. The van der Waals surface area contributed by atoms with E-state index in [0.717, 1.165) is 70.1 Å². The Morgan fingerprint density at radius 3 is 2.25 bits per heavy atom. The normalized spacial score (nSPS) is 38.2. The van der Waals surface area contributed by atoms with E-state index in [-0.39, 0.29) is 6.03 Å². The molecule has 24 heavy (non-hydrogen) atoms. The van der Waals surface area contributed by atoms with Crippen molar-refractivity contribution in [3.8, 4) is 0 Å². The van der Waals surface area contributed by atoms with Crippen LogP contribution in [0.3, 0.4) is 0 Å². The molecule has 4 saturated carbocycles. The summed E-state index contributed by atoms with van der Waals surface area (Å²) in [5.74, 6) is 2.86. The maximum Gasteiger partial charge on any atom is 0.314 e. The Hall–Kier alpha value is -0.810. The molecule has 0 aromatic heterocycles. The molecule has 1 aliphatic heterocycles. The summed E-state index contributed by atoms with van der Waals surface area (Å²) in [7, 11) is 0. The number of rotatable bonds is 6. The number of nitrogens with one attached hydrogen (secondary N) is 2. The second kappa shape index (κ2) is 7.20. The van der Waals surface area contributed by atoms with Gasteiger partial charge >= 0.3 is 6.03 Å². The van der Waals surface area contributed by atoms with Gasteiger partial charge in [-0.25, -0.2) is 4.79 Å². The SMILES string of the molecule is O=C(NCCCN1CCOCC1)NCC12CC3CC(CC(C3)C1)C2. The predicted octanol–water partition coefficient (Wildman–Crippen LogP) is 2.22. The molecule has 0 aromatic carbocycles. The quantitative estimate of drug-likeness (QED) is 0.732. The Bertz CT molecular complexity index is 413. The van der Waals surface area contributed by atoms with E-state index in [1.165, 1.54) is 38.5 Å². The summed E-state index contributed by atoms with van der Waals surface area (Å²) >= 11 is 0. The van der Waals surface area contributed by atoms with E-state index in [9.17, 15) is 4.79 Å². The molecule has 0 aromatic rings. The molecule has 5 heteroatoms. The highest BCUT2D eigenvalue weighted by Crippen LogP contribution is 2.59. The van der Waals surface area contributed by atoms with E-state index >= 15 is 0 Å². The number of urea groups is 1. The van der Waals surface area contributed by atoms with Gasteiger partial charge in [-0.1, -0.05) is 0 Å². The van der Waals surface area contributed by atoms with Crippen molar-refractivity contribution < 1.29 is 9.53 Å². The third-order valence-electron chi connectivity index (χ3n) is 6.83. The Morgan fingerprint density at radius 2 is 1.62 bits per heavy atom. The van der Waals surface area contributed by atoms with Gasteiger partial charge in [-0.3, -0.25) is 4.90 Å². The number of hydrogen-bond acceptors (Lipinski definition) is 3. The summed E-state index contributed by atoms with van der Waals surface area (Å²) < 4.78 is 5.36. The van der Waals surface area contributed by atoms with Crippen molar-refractivity contribution in [2.75, 3.05) is 45.9 Å². The van der Waals surface area contributed by atoms with Crippen molar-refractivity contribution >= 4 is 6.03 Å². The largest absolute Gasteiger partial charge is 0.379 e. The van der Waals surface area contributed by atoms with Crippen LogP contribution in [-0.2, 0) is 4.74 Å². The molecule has 5 fully saturated rings. The molecule has 1 saturated heterocycles. The maximum absolute atomic E-state index is 12.1. The van der Waals surface area contributed by atoms with Crippen molar-refractivity contribution in [2.45, 2.75) is 44.9 Å². The molecule has 4 bridgehead atoms. The monoisotopic (exact) mass is 335 g/mol. The fraction of sp³-hybridized carbons (Fsp3) is 0.947. The highest BCUT2D eigenvalue weighted by atomic mass is 16.5. The van der Waals surface area contributed by atoms with Crippen molar-refractivity contribution in [2.24, 2.45) is 23.2 Å². The third-order valence-corrected chi connectivity index (χ3v) is 6.83. The number of hydrogen-bond donors (Lipinski definition) is 2. The lowest BCUT2D eigenvalue weighted by Crippen LogP contribution is -2.52. The zero-order valence-corrected chi connectivity index (χ0v) is 14.9. The lowest BCUT2D eigenvalue weighted by molar-refractivity contribution is -0.0498. The number of ether oxygens (including phenoxy) is 1. The Morgan fingerprint density at radius 1 is 1.00 bits per heavy atom. The molecule has 0 radical (unpaired) electrons. The zero-order valence-electron chi connectivity index (χ0n) is 14.9. The topological polar surface area (TPSA) is 53.6 Å². The summed E-state index contributed by atoms with van der Waals surface area (Å²) in [6.45, 7) is 6.46. The van der Waals surface area contributed by atoms with Gasteiger partial charge in [0.15, 0.2) is 0 Å². The number of morpholine rings is 1. The van der Waals surface area contributed by atoms with E-state index in [1.807, 2.05) is 0 Å². The first-order valence-electron chi connectivity index (χ1n) is 10.0. The summed E-state index contributed by atoms with van der Waals surface area (Å²) in [4.78, 5) is 14.5. The lowest BCUT2D eigenvalue weighted by Gasteiger charge is -2.56. The summed E-state index contributed by atoms with van der Waals surface area (Å²) in [5.41, 5.74) is 0.430. The number of carbonyl (C=O) groups excluding carboxylic acids is 1. The van der Waals surface area contributed by atoms with Crippen LogP contribution in [0.15, 0.2) is 0 Å². The van der Waals surface area contributed by atoms with Crippen LogP contribution in [0.2, 0.25) is 0 Å². The van der Waals surface area contributed by atoms with Gasteiger partial charge in [0.1, 0.15) is 0 Å². The highest BCUT2D eigenvalue weighted by molar-refractivity contribution is 5.73. The number of nitrogens with zero attached hydrogens (tertiary/aromatic N) is 1. The fourth-order valence-electron chi connectivity index (χ4n) is 6.17. The fourth-order valence-corrected chi connectivity index (χ4v) is 6.17. The van der Waals surface area contributed by atoms with Crippen LogP contribution in [0.1, 0.15) is 44.9 Å². The Labute approximate surface area is 145 Å². The van der Waals surface area contributed by atoms with Crippen molar-refractivity contribution in [1.29, 1.82) is 0 Å². The van der Waals surface area contributed by atoms with Crippen molar-refractivity contribution in [3.05, 3.63) is 0 Å². The van der Waals surface area contributed by atoms with E-state index in [2.05, 4.69) is 15.5 Å². The first-order valence-corrected chi connectivity index (χ1v) is 10.0. The minimum atomic E-state index is 0.0349. The van der Waals surface area contributed by atoms with Crippen molar-refractivity contribution in [1.82, 2.24) is 15.5 Å². The molecule has 0 unspecified atom stereocenters. The van der Waals surface area contributed by atoms with Gasteiger partial charge < -0.3 is 15.4 Å². The standard InChI is InChI=1S/C19H33N3O2/c23-18(20-2-1-3-22-4-6-24-7-5-22)21-14-19-11-15-8-16(12-19)10-17(9-15)13-19/h15-17H,1-14H2,(H2,20,21,23). The molecule has 4 aliphatic carbocycles. The minimum Gasteiger partial charge on any atom is -0.379 e. The Kier molecular flexibility index (Phi) is 5.00. The predicted molar refractivity (Wildman–Crippen MR) is 93.9 cm³/mol. The molecule has 0 spiro atoms. The van der Waals surface area contributed by atoms with Crippen molar-refractivity contribution in [3.63, 3.8) is 0 Å². The van der Waals surface area contributed by atoms with Crippen LogP contribution >= 0.6 is 0 Å². The summed E-state index contributed by atoms with van der Waals surface area (Å²) in [6.07, 6.45) is 9.49. The molecule has 1 heterocycles. The van der Waals surface area contributed by atoms with Gasteiger partial charge in [0.2, 0.25) is 0 Å². The molecule has 5 nitrogen and oxygen atoms in total. The lowest BCUT2D eigenvalue weighted by atomic mass is 9.49. The minimum absolute atomic E-state index is 0.0349. The number of amides is 2. The first-order chi connectivity index (χ1) is 11.7. The summed E-state index contributed by atoms with van der Waals surface area (Å²) in [6, 6.07) is 0.0349. The molecule has 5 rings (SSSR count). The van der Waals surface area contributed by atoms with Gasteiger partial charge in [0.25, 0.3) is 0 Å². The first kappa shape index (κ1) is 16.6. The molecular formula is C19H33N3O2. The van der Waals surface area contributed by atoms with E-state index in [4.69, 9.17) is 4.74 Å². The highest BCUT2D eigenvalue weighted by Gasteiger charge is 2.50. The van der Waals surface area contributed by atoms with Crippen LogP contribution in [0.5, 0.6) is 0 Å². The van der Waals surface area contributed by atoms with Crippen LogP contribution in [-0.4, -0.2) is 56.9 Å². The molecular weight excluding hydrogens is 302 g/mol.